The van der Waals surface area contributed by atoms with Crippen molar-refractivity contribution in [1.82, 2.24) is 9.80 Å². The molecule has 0 spiro atoms. The molecule has 2 N–H and O–H groups in total. The van der Waals surface area contributed by atoms with Crippen LogP contribution in [0.15, 0.2) is 0 Å². The van der Waals surface area contributed by atoms with Crippen molar-refractivity contribution in [2.75, 3.05) is 40.3 Å². The molecular weight excluding hydrogens is 222 g/mol. The number of nitrogens with zero attached hydrogens (tertiary/aromatic N) is 2. The first-order valence-corrected chi connectivity index (χ1v) is 7.37. The predicted octanol–water partition coefficient (Wildman–Crippen LogP) is 2.41. The molecule has 0 heterocycles. The standard InChI is InChI=1S/C15H35N3/c1-7-18(11-8-10-17(5)6)12-9-14(16)13-15(2,3)4/h14H,7-13,16H2,1-6H3. The summed E-state index contributed by atoms with van der Waals surface area (Å²) >= 11 is 0. The van der Waals surface area contributed by atoms with Gasteiger partial charge in [0.05, 0.1) is 0 Å². The van der Waals surface area contributed by atoms with Crippen LogP contribution in [0.25, 0.3) is 0 Å². The molecule has 0 aromatic heterocycles. The van der Waals surface area contributed by atoms with Crippen molar-refractivity contribution in [1.29, 1.82) is 0 Å². The van der Waals surface area contributed by atoms with E-state index in [-0.39, 0.29) is 0 Å². The minimum atomic E-state index is 0.341. The van der Waals surface area contributed by atoms with E-state index in [4.69, 9.17) is 5.73 Å². The van der Waals surface area contributed by atoms with E-state index < -0.39 is 0 Å². The smallest absolute Gasteiger partial charge is 0.00559 e. The van der Waals surface area contributed by atoms with Gasteiger partial charge >= 0.3 is 0 Å². The summed E-state index contributed by atoms with van der Waals surface area (Å²) < 4.78 is 0. The van der Waals surface area contributed by atoms with Crippen molar-refractivity contribution in [3.8, 4) is 0 Å². The van der Waals surface area contributed by atoms with Gasteiger partial charge in [0.15, 0.2) is 0 Å². The van der Waals surface area contributed by atoms with Crippen LogP contribution in [0.5, 0.6) is 0 Å². The molecule has 0 radical (unpaired) electrons. The summed E-state index contributed by atoms with van der Waals surface area (Å²) in [5.74, 6) is 0. The second kappa shape index (κ2) is 8.89. The summed E-state index contributed by atoms with van der Waals surface area (Å²) in [5.41, 5.74) is 6.55. The van der Waals surface area contributed by atoms with Crippen LogP contribution in [-0.2, 0) is 0 Å². The van der Waals surface area contributed by atoms with Crippen molar-refractivity contribution < 1.29 is 0 Å². The number of rotatable bonds is 9. The van der Waals surface area contributed by atoms with Gasteiger partial charge in [-0.05, 0) is 65.0 Å². The van der Waals surface area contributed by atoms with Gasteiger partial charge in [-0.3, -0.25) is 0 Å². The molecule has 0 rings (SSSR count). The van der Waals surface area contributed by atoms with E-state index in [1.165, 1.54) is 19.5 Å². The van der Waals surface area contributed by atoms with Crippen LogP contribution < -0.4 is 5.73 Å². The Labute approximate surface area is 115 Å². The van der Waals surface area contributed by atoms with E-state index in [0.29, 0.717) is 11.5 Å². The van der Waals surface area contributed by atoms with E-state index in [1.54, 1.807) is 0 Å². The monoisotopic (exact) mass is 257 g/mol. The van der Waals surface area contributed by atoms with Gasteiger partial charge in [-0.1, -0.05) is 27.7 Å². The van der Waals surface area contributed by atoms with Gasteiger partial charge in [-0.2, -0.15) is 0 Å². The molecule has 0 saturated heterocycles. The largest absolute Gasteiger partial charge is 0.328 e. The molecule has 0 aliphatic rings. The molecular formula is C15H35N3. The van der Waals surface area contributed by atoms with Gasteiger partial charge in [-0.15, -0.1) is 0 Å². The maximum absolute atomic E-state index is 6.20. The van der Waals surface area contributed by atoms with Crippen LogP contribution in [0.2, 0.25) is 0 Å². The molecule has 3 heteroatoms. The van der Waals surface area contributed by atoms with Gasteiger partial charge in [0, 0.05) is 6.04 Å². The van der Waals surface area contributed by atoms with Gasteiger partial charge in [0.1, 0.15) is 0 Å². The molecule has 0 saturated carbocycles. The highest BCUT2D eigenvalue weighted by Crippen LogP contribution is 2.21. The number of hydrogen-bond donors (Lipinski definition) is 1. The zero-order valence-corrected chi connectivity index (χ0v) is 13.5. The summed E-state index contributed by atoms with van der Waals surface area (Å²) in [5, 5.41) is 0. The highest BCUT2D eigenvalue weighted by molar-refractivity contribution is 4.73. The highest BCUT2D eigenvalue weighted by Gasteiger charge is 2.16. The lowest BCUT2D eigenvalue weighted by molar-refractivity contribution is 0.243. The van der Waals surface area contributed by atoms with Crippen LogP contribution in [-0.4, -0.2) is 56.1 Å². The summed E-state index contributed by atoms with van der Waals surface area (Å²) in [6.45, 7) is 13.7. The minimum absolute atomic E-state index is 0.341. The zero-order chi connectivity index (χ0) is 14.2. The van der Waals surface area contributed by atoms with Crippen molar-refractivity contribution >= 4 is 0 Å². The number of hydrogen-bond acceptors (Lipinski definition) is 3. The van der Waals surface area contributed by atoms with E-state index in [9.17, 15) is 0 Å². The number of nitrogens with two attached hydrogens (primary N) is 1. The topological polar surface area (TPSA) is 32.5 Å². The molecule has 0 aliphatic heterocycles. The normalized spacial score (nSPS) is 14.5. The Morgan fingerprint density at radius 3 is 2.11 bits per heavy atom. The summed E-state index contributed by atoms with van der Waals surface area (Å²) in [7, 11) is 4.27. The summed E-state index contributed by atoms with van der Waals surface area (Å²) in [4.78, 5) is 4.77. The summed E-state index contributed by atoms with van der Waals surface area (Å²) in [6, 6.07) is 0.341. The molecule has 18 heavy (non-hydrogen) atoms. The Hall–Kier alpha value is -0.120. The molecule has 1 atom stereocenters. The maximum atomic E-state index is 6.20. The van der Waals surface area contributed by atoms with Gasteiger partial charge in [0.2, 0.25) is 0 Å². The first-order valence-electron chi connectivity index (χ1n) is 7.37. The van der Waals surface area contributed by atoms with Crippen LogP contribution in [0, 0.1) is 5.41 Å². The molecule has 0 aliphatic carbocycles. The molecule has 0 fully saturated rings. The third kappa shape index (κ3) is 11.0. The lowest BCUT2D eigenvalue weighted by Crippen LogP contribution is -2.34. The van der Waals surface area contributed by atoms with E-state index in [1.807, 2.05) is 0 Å². The highest BCUT2D eigenvalue weighted by atomic mass is 15.1. The van der Waals surface area contributed by atoms with Gasteiger partial charge in [0.25, 0.3) is 0 Å². The second-order valence-corrected chi connectivity index (χ2v) is 6.90. The second-order valence-electron chi connectivity index (χ2n) is 6.90. The van der Waals surface area contributed by atoms with Crippen molar-refractivity contribution in [3.05, 3.63) is 0 Å². The average molecular weight is 257 g/mol. The third-order valence-corrected chi connectivity index (χ3v) is 3.22. The fraction of sp³-hybridized carbons (Fsp3) is 1.00. The average Bonchev–Trinajstić information content (AvgIpc) is 2.20. The quantitative estimate of drug-likeness (QED) is 0.688. The van der Waals surface area contributed by atoms with E-state index >= 15 is 0 Å². The lowest BCUT2D eigenvalue weighted by Gasteiger charge is -2.26. The summed E-state index contributed by atoms with van der Waals surface area (Å²) in [6.07, 6.45) is 3.48. The third-order valence-electron chi connectivity index (χ3n) is 3.22. The van der Waals surface area contributed by atoms with E-state index in [2.05, 4.69) is 51.6 Å². The minimum Gasteiger partial charge on any atom is -0.328 e. The van der Waals surface area contributed by atoms with Crippen molar-refractivity contribution in [2.45, 2.75) is 53.0 Å². The predicted molar refractivity (Wildman–Crippen MR) is 81.9 cm³/mol. The molecule has 0 amide bonds. The fourth-order valence-corrected chi connectivity index (χ4v) is 2.28. The van der Waals surface area contributed by atoms with Crippen LogP contribution in [0.4, 0.5) is 0 Å². The Morgan fingerprint density at radius 1 is 1.06 bits per heavy atom. The van der Waals surface area contributed by atoms with Crippen LogP contribution in [0.3, 0.4) is 0 Å². The van der Waals surface area contributed by atoms with Crippen molar-refractivity contribution in [3.63, 3.8) is 0 Å². The lowest BCUT2D eigenvalue weighted by atomic mass is 9.87. The molecule has 110 valence electrons. The van der Waals surface area contributed by atoms with Crippen LogP contribution in [0.1, 0.15) is 47.0 Å². The first-order chi connectivity index (χ1) is 8.24. The van der Waals surface area contributed by atoms with Crippen LogP contribution >= 0.6 is 0 Å². The molecule has 1 unspecified atom stereocenters. The molecule has 0 bridgehead atoms. The van der Waals surface area contributed by atoms with Gasteiger partial charge < -0.3 is 15.5 Å². The molecule has 0 aromatic carbocycles. The Kier molecular flexibility index (Phi) is 8.83. The molecule has 0 aromatic rings. The SMILES string of the molecule is CCN(CCCN(C)C)CCC(N)CC(C)(C)C. The zero-order valence-electron chi connectivity index (χ0n) is 13.5. The Bertz CT molecular complexity index is 196. The molecule has 3 nitrogen and oxygen atoms in total. The fourth-order valence-electron chi connectivity index (χ4n) is 2.28. The Morgan fingerprint density at radius 2 is 1.67 bits per heavy atom. The Balaban J connectivity index is 3.78. The van der Waals surface area contributed by atoms with E-state index in [0.717, 1.165) is 25.9 Å². The van der Waals surface area contributed by atoms with Crippen molar-refractivity contribution in [2.24, 2.45) is 11.1 Å². The van der Waals surface area contributed by atoms with Gasteiger partial charge in [-0.25, -0.2) is 0 Å². The first kappa shape index (κ1) is 17.9. The maximum Gasteiger partial charge on any atom is 0.00559 e.